The maximum atomic E-state index is 5.34. The molecule has 1 aliphatic carbocycles. The molecule has 0 bridgehead atoms. The van der Waals surface area contributed by atoms with Crippen molar-refractivity contribution in [1.29, 1.82) is 0 Å². The molecule has 1 saturated carbocycles. The third kappa shape index (κ3) is 6.52. The van der Waals surface area contributed by atoms with Crippen molar-refractivity contribution < 1.29 is 4.74 Å². The highest BCUT2D eigenvalue weighted by Gasteiger charge is 2.22. The SMILES string of the molecule is COc1cccc(CC(CCCC(C)C)CNC2CC2)c1. The van der Waals surface area contributed by atoms with Gasteiger partial charge in [-0.2, -0.15) is 0 Å². The Morgan fingerprint density at radius 3 is 2.71 bits per heavy atom. The van der Waals surface area contributed by atoms with Gasteiger partial charge in [-0.05, 0) is 61.8 Å². The monoisotopic (exact) mass is 289 g/mol. The van der Waals surface area contributed by atoms with Crippen molar-refractivity contribution in [3.63, 3.8) is 0 Å². The molecule has 1 N–H and O–H groups in total. The fourth-order valence-electron chi connectivity index (χ4n) is 2.84. The third-order valence-corrected chi connectivity index (χ3v) is 4.32. The Morgan fingerprint density at radius 2 is 2.05 bits per heavy atom. The van der Waals surface area contributed by atoms with Crippen LogP contribution in [-0.4, -0.2) is 19.7 Å². The summed E-state index contributed by atoms with van der Waals surface area (Å²) in [5, 5.41) is 3.71. The number of benzene rings is 1. The van der Waals surface area contributed by atoms with E-state index in [-0.39, 0.29) is 0 Å². The number of hydrogen-bond acceptors (Lipinski definition) is 2. The summed E-state index contributed by atoms with van der Waals surface area (Å²) in [7, 11) is 1.74. The fraction of sp³-hybridized carbons (Fsp3) is 0.684. The number of rotatable bonds is 10. The van der Waals surface area contributed by atoms with Crippen LogP contribution >= 0.6 is 0 Å². The molecule has 1 fully saturated rings. The number of methoxy groups -OCH3 is 1. The Hall–Kier alpha value is -1.02. The van der Waals surface area contributed by atoms with Crippen LogP contribution in [0.3, 0.4) is 0 Å². The molecule has 0 radical (unpaired) electrons. The van der Waals surface area contributed by atoms with E-state index < -0.39 is 0 Å². The highest BCUT2D eigenvalue weighted by Crippen LogP contribution is 2.23. The molecule has 0 amide bonds. The largest absolute Gasteiger partial charge is 0.497 e. The van der Waals surface area contributed by atoms with Gasteiger partial charge in [0.1, 0.15) is 5.75 Å². The Bertz CT molecular complexity index is 412. The molecule has 0 spiro atoms. The summed E-state index contributed by atoms with van der Waals surface area (Å²) >= 11 is 0. The molecule has 1 unspecified atom stereocenters. The summed E-state index contributed by atoms with van der Waals surface area (Å²) in [6.07, 6.45) is 7.93. The Morgan fingerprint density at radius 1 is 1.24 bits per heavy atom. The summed E-state index contributed by atoms with van der Waals surface area (Å²) in [4.78, 5) is 0. The predicted molar refractivity (Wildman–Crippen MR) is 89.9 cm³/mol. The van der Waals surface area contributed by atoms with Crippen molar-refractivity contribution in [1.82, 2.24) is 5.32 Å². The van der Waals surface area contributed by atoms with Gasteiger partial charge in [0.2, 0.25) is 0 Å². The summed E-state index contributed by atoms with van der Waals surface area (Å²) in [5.41, 5.74) is 1.40. The van der Waals surface area contributed by atoms with Crippen LogP contribution in [0.1, 0.15) is 51.5 Å². The van der Waals surface area contributed by atoms with E-state index >= 15 is 0 Å². The molecule has 0 aromatic heterocycles. The van der Waals surface area contributed by atoms with Crippen molar-refractivity contribution in [2.24, 2.45) is 11.8 Å². The molecule has 0 aliphatic heterocycles. The van der Waals surface area contributed by atoms with E-state index in [0.717, 1.165) is 30.0 Å². The molecule has 118 valence electrons. The van der Waals surface area contributed by atoms with Crippen LogP contribution in [0.25, 0.3) is 0 Å². The summed E-state index contributed by atoms with van der Waals surface area (Å²) in [6.45, 7) is 5.80. The maximum Gasteiger partial charge on any atom is 0.119 e. The van der Waals surface area contributed by atoms with Gasteiger partial charge in [0.05, 0.1) is 7.11 Å². The Balaban J connectivity index is 1.85. The van der Waals surface area contributed by atoms with Gasteiger partial charge < -0.3 is 10.1 Å². The molecule has 1 aliphatic rings. The smallest absolute Gasteiger partial charge is 0.119 e. The van der Waals surface area contributed by atoms with Crippen LogP contribution in [-0.2, 0) is 6.42 Å². The second-order valence-electron chi connectivity index (χ2n) is 6.93. The molecular formula is C19H31NO. The first-order chi connectivity index (χ1) is 10.2. The number of nitrogens with one attached hydrogen (secondary N) is 1. The van der Waals surface area contributed by atoms with E-state index in [1.807, 2.05) is 6.07 Å². The van der Waals surface area contributed by atoms with Crippen LogP contribution in [0.5, 0.6) is 5.75 Å². The summed E-state index contributed by atoms with van der Waals surface area (Å²) in [6, 6.07) is 9.36. The van der Waals surface area contributed by atoms with Gasteiger partial charge in [-0.25, -0.2) is 0 Å². The second kappa shape index (κ2) is 8.43. The molecule has 0 saturated heterocycles. The van der Waals surface area contributed by atoms with Gasteiger partial charge >= 0.3 is 0 Å². The van der Waals surface area contributed by atoms with Crippen LogP contribution in [0.2, 0.25) is 0 Å². The zero-order chi connectivity index (χ0) is 15.1. The normalized spacial score (nSPS) is 16.2. The minimum absolute atomic E-state index is 0.747. The lowest BCUT2D eigenvalue weighted by molar-refractivity contribution is 0.401. The van der Waals surface area contributed by atoms with Gasteiger partial charge in [-0.3, -0.25) is 0 Å². The van der Waals surface area contributed by atoms with E-state index in [1.54, 1.807) is 7.11 Å². The molecular weight excluding hydrogens is 258 g/mol. The average molecular weight is 289 g/mol. The van der Waals surface area contributed by atoms with Crippen LogP contribution in [0, 0.1) is 11.8 Å². The highest BCUT2D eigenvalue weighted by atomic mass is 16.5. The molecule has 1 aromatic carbocycles. The Kier molecular flexibility index (Phi) is 6.56. The van der Waals surface area contributed by atoms with E-state index in [0.29, 0.717) is 0 Å². The van der Waals surface area contributed by atoms with Crippen molar-refractivity contribution in [3.05, 3.63) is 29.8 Å². The third-order valence-electron chi connectivity index (χ3n) is 4.32. The van der Waals surface area contributed by atoms with Crippen LogP contribution < -0.4 is 10.1 Å². The van der Waals surface area contributed by atoms with E-state index in [1.165, 1.54) is 44.2 Å². The molecule has 0 heterocycles. The summed E-state index contributed by atoms with van der Waals surface area (Å²) in [5.74, 6) is 2.54. The lowest BCUT2D eigenvalue weighted by Gasteiger charge is -2.19. The fourth-order valence-corrected chi connectivity index (χ4v) is 2.84. The molecule has 2 rings (SSSR count). The topological polar surface area (TPSA) is 21.3 Å². The van der Waals surface area contributed by atoms with Crippen molar-refractivity contribution in [2.45, 2.75) is 58.4 Å². The molecule has 2 heteroatoms. The van der Waals surface area contributed by atoms with Crippen molar-refractivity contribution in [3.8, 4) is 5.75 Å². The molecule has 21 heavy (non-hydrogen) atoms. The molecule has 1 aromatic rings. The van der Waals surface area contributed by atoms with Crippen molar-refractivity contribution in [2.75, 3.05) is 13.7 Å². The summed E-state index contributed by atoms with van der Waals surface area (Å²) < 4.78 is 5.34. The van der Waals surface area contributed by atoms with Crippen molar-refractivity contribution >= 4 is 0 Å². The zero-order valence-electron chi connectivity index (χ0n) is 13.9. The van der Waals surface area contributed by atoms with E-state index in [9.17, 15) is 0 Å². The van der Waals surface area contributed by atoms with Gasteiger partial charge in [0, 0.05) is 6.04 Å². The van der Waals surface area contributed by atoms with Gasteiger partial charge in [0.15, 0.2) is 0 Å². The van der Waals surface area contributed by atoms with Gasteiger partial charge in [-0.15, -0.1) is 0 Å². The van der Waals surface area contributed by atoms with Crippen LogP contribution in [0.15, 0.2) is 24.3 Å². The lowest BCUT2D eigenvalue weighted by atomic mass is 9.92. The standard InChI is InChI=1S/C19H31NO/c1-15(2)6-4-8-17(14-20-18-10-11-18)12-16-7-5-9-19(13-16)21-3/h5,7,9,13,15,17-18,20H,4,6,8,10-12,14H2,1-3H3. The second-order valence-corrected chi connectivity index (χ2v) is 6.93. The quantitative estimate of drug-likeness (QED) is 0.688. The van der Waals surface area contributed by atoms with Gasteiger partial charge in [-0.1, -0.05) is 38.8 Å². The number of ether oxygens (including phenoxy) is 1. The zero-order valence-corrected chi connectivity index (χ0v) is 13.9. The lowest BCUT2D eigenvalue weighted by Crippen LogP contribution is -2.26. The maximum absolute atomic E-state index is 5.34. The first-order valence-electron chi connectivity index (χ1n) is 8.53. The highest BCUT2D eigenvalue weighted by molar-refractivity contribution is 5.28. The van der Waals surface area contributed by atoms with Gasteiger partial charge in [0.25, 0.3) is 0 Å². The minimum Gasteiger partial charge on any atom is -0.497 e. The number of hydrogen-bond donors (Lipinski definition) is 1. The first kappa shape index (κ1) is 16.4. The average Bonchev–Trinajstić information content (AvgIpc) is 3.28. The predicted octanol–water partition coefficient (Wildman–Crippen LogP) is 4.43. The molecule has 1 atom stereocenters. The minimum atomic E-state index is 0.747. The van der Waals surface area contributed by atoms with E-state index in [4.69, 9.17) is 4.74 Å². The Labute approximate surface area is 130 Å². The van der Waals surface area contributed by atoms with E-state index in [2.05, 4.69) is 37.4 Å². The first-order valence-corrected chi connectivity index (χ1v) is 8.53. The molecule has 2 nitrogen and oxygen atoms in total. The van der Waals surface area contributed by atoms with Crippen LogP contribution in [0.4, 0.5) is 0 Å².